The number of rotatable bonds is 7. The van der Waals surface area contributed by atoms with E-state index in [1.165, 1.54) is 29.6 Å². The third-order valence-corrected chi connectivity index (χ3v) is 4.73. The Morgan fingerprint density at radius 3 is 2.59 bits per heavy atom. The van der Waals surface area contributed by atoms with Gasteiger partial charge in [-0.3, -0.25) is 18.7 Å². The maximum absolute atomic E-state index is 12.4. The molecule has 3 rings (SSSR count). The van der Waals surface area contributed by atoms with Crippen molar-refractivity contribution in [2.24, 2.45) is 14.1 Å². The zero-order valence-electron chi connectivity index (χ0n) is 16.8. The van der Waals surface area contributed by atoms with Gasteiger partial charge in [-0.25, -0.2) is 9.78 Å². The number of methoxy groups -OCH3 is 2. The smallest absolute Gasteiger partial charge is 0.332 e. The highest BCUT2D eigenvalue weighted by Gasteiger charge is 2.16. The fourth-order valence-corrected chi connectivity index (χ4v) is 3.21. The van der Waals surface area contributed by atoms with E-state index in [9.17, 15) is 14.4 Å². The fraction of sp³-hybridized carbons (Fsp3) is 0.368. The number of nitrogens with one attached hydrogen (secondary N) is 1. The number of carbonyl (C=O) groups excluding carboxylic acids is 1. The molecule has 0 spiro atoms. The van der Waals surface area contributed by atoms with E-state index in [-0.39, 0.29) is 23.6 Å². The van der Waals surface area contributed by atoms with Gasteiger partial charge in [0.05, 0.1) is 20.5 Å². The van der Waals surface area contributed by atoms with Crippen molar-refractivity contribution in [2.45, 2.75) is 13.0 Å². The molecule has 1 amide bonds. The van der Waals surface area contributed by atoms with Gasteiger partial charge >= 0.3 is 5.69 Å². The van der Waals surface area contributed by atoms with E-state index >= 15 is 0 Å². The summed E-state index contributed by atoms with van der Waals surface area (Å²) in [5.41, 5.74) is 0.397. The highest BCUT2D eigenvalue weighted by Crippen LogP contribution is 2.30. The van der Waals surface area contributed by atoms with Gasteiger partial charge in [0, 0.05) is 20.6 Å². The zero-order chi connectivity index (χ0) is 21.1. The van der Waals surface area contributed by atoms with E-state index in [4.69, 9.17) is 9.47 Å². The Morgan fingerprint density at radius 1 is 1.14 bits per heavy atom. The number of aryl methyl sites for hydroxylation is 1. The highest BCUT2D eigenvalue weighted by atomic mass is 16.5. The predicted octanol–water partition coefficient (Wildman–Crippen LogP) is -0.190. The summed E-state index contributed by atoms with van der Waals surface area (Å²) in [5.74, 6) is 0.985. The van der Waals surface area contributed by atoms with Crippen LogP contribution < -0.4 is 26.0 Å². The van der Waals surface area contributed by atoms with E-state index in [1.807, 2.05) is 12.1 Å². The molecule has 10 nitrogen and oxygen atoms in total. The van der Waals surface area contributed by atoms with Crippen LogP contribution in [0.1, 0.15) is 5.56 Å². The molecular weight excluding hydrogens is 378 g/mol. The minimum absolute atomic E-state index is 0.0841. The average Bonchev–Trinajstić information content (AvgIpc) is 3.13. The molecule has 3 aromatic rings. The lowest BCUT2D eigenvalue weighted by Crippen LogP contribution is -2.38. The van der Waals surface area contributed by atoms with Gasteiger partial charge in [-0.15, -0.1) is 0 Å². The van der Waals surface area contributed by atoms with Crippen LogP contribution in [-0.2, 0) is 31.9 Å². The number of ether oxygens (including phenoxy) is 2. The normalized spacial score (nSPS) is 10.9. The van der Waals surface area contributed by atoms with E-state index in [0.29, 0.717) is 24.5 Å². The molecule has 0 radical (unpaired) electrons. The molecule has 0 fully saturated rings. The van der Waals surface area contributed by atoms with Crippen LogP contribution in [0.5, 0.6) is 11.5 Å². The van der Waals surface area contributed by atoms with Crippen molar-refractivity contribution in [3.8, 4) is 11.5 Å². The third-order valence-electron chi connectivity index (χ3n) is 4.73. The minimum Gasteiger partial charge on any atom is -0.493 e. The SMILES string of the molecule is COc1cccc(CCNC(=O)Cn2cnc3c2c(=O)n(C)c(=O)n3C)c1OC. The molecule has 1 aromatic carbocycles. The van der Waals surface area contributed by atoms with Crippen molar-refractivity contribution in [3.05, 3.63) is 50.9 Å². The lowest BCUT2D eigenvalue weighted by Gasteiger charge is -2.13. The number of para-hydroxylation sites is 1. The number of imidazole rings is 1. The molecule has 0 aliphatic rings. The molecule has 154 valence electrons. The molecule has 2 aromatic heterocycles. The molecule has 2 heterocycles. The van der Waals surface area contributed by atoms with Crippen molar-refractivity contribution in [3.63, 3.8) is 0 Å². The Hall–Kier alpha value is -3.56. The number of amides is 1. The first-order valence-corrected chi connectivity index (χ1v) is 8.96. The number of nitrogens with zero attached hydrogens (tertiary/aromatic N) is 4. The number of hydrogen-bond acceptors (Lipinski definition) is 6. The van der Waals surface area contributed by atoms with Crippen LogP contribution in [0.3, 0.4) is 0 Å². The number of fused-ring (bicyclic) bond motifs is 1. The minimum atomic E-state index is -0.491. The van der Waals surface area contributed by atoms with Gasteiger partial charge in [0.1, 0.15) is 6.54 Å². The summed E-state index contributed by atoms with van der Waals surface area (Å²) in [6.45, 7) is 0.296. The van der Waals surface area contributed by atoms with Crippen molar-refractivity contribution in [2.75, 3.05) is 20.8 Å². The lowest BCUT2D eigenvalue weighted by molar-refractivity contribution is -0.121. The maximum Gasteiger partial charge on any atom is 0.332 e. The Balaban J connectivity index is 1.72. The molecule has 10 heteroatoms. The predicted molar refractivity (Wildman–Crippen MR) is 106 cm³/mol. The van der Waals surface area contributed by atoms with E-state index in [2.05, 4.69) is 10.3 Å². The van der Waals surface area contributed by atoms with Crippen molar-refractivity contribution < 1.29 is 14.3 Å². The monoisotopic (exact) mass is 401 g/mol. The van der Waals surface area contributed by atoms with Gasteiger partial charge in [0.15, 0.2) is 22.7 Å². The van der Waals surface area contributed by atoms with Gasteiger partial charge < -0.3 is 19.4 Å². The van der Waals surface area contributed by atoms with Crippen LogP contribution in [0.15, 0.2) is 34.1 Å². The standard InChI is InChI=1S/C19H23N5O5/c1-22-17-15(18(26)23(2)19(22)27)24(11-21-17)10-14(25)20-9-8-12-6-5-7-13(28-3)16(12)29-4/h5-7,11H,8-10H2,1-4H3,(H,20,25). The quantitative estimate of drug-likeness (QED) is 0.588. The van der Waals surface area contributed by atoms with Crippen LogP contribution in [0.25, 0.3) is 11.2 Å². The third kappa shape index (κ3) is 3.73. The first kappa shape index (κ1) is 20.2. The molecular formula is C19H23N5O5. The lowest BCUT2D eigenvalue weighted by atomic mass is 10.1. The average molecular weight is 401 g/mol. The first-order chi connectivity index (χ1) is 13.9. The molecule has 0 aliphatic heterocycles. The molecule has 0 aliphatic carbocycles. The Bertz CT molecular complexity index is 1170. The van der Waals surface area contributed by atoms with Gasteiger partial charge in [-0.2, -0.15) is 0 Å². The highest BCUT2D eigenvalue weighted by molar-refractivity contribution is 5.78. The van der Waals surface area contributed by atoms with Crippen LogP contribution in [-0.4, -0.2) is 45.4 Å². The number of benzene rings is 1. The molecule has 29 heavy (non-hydrogen) atoms. The van der Waals surface area contributed by atoms with Crippen LogP contribution in [0.4, 0.5) is 0 Å². The topological polar surface area (TPSA) is 109 Å². The van der Waals surface area contributed by atoms with Crippen molar-refractivity contribution >= 4 is 17.1 Å². The summed E-state index contributed by atoms with van der Waals surface area (Å²) in [7, 11) is 6.06. The van der Waals surface area contributed by atoms with Gasteiger partial charge in [-0.1, -0.05) is 12.1 Å². The van der Waals surface area contributed by atoms with Crippen LogP contribution >= 0.6 is 0 Å². The second-order valence-corrected chi connectivity index (χ2v) is 6.50. The Labute approximate surface area is 166 Å². The van der Waals surface area contributed by atoms with Crippen LogP contribution in [0, 0.1) is 0 Å². The summed E-state index contributed by atoms with van der Waals surface area (Å²) < 4.78 is 14.4. The van der Waals surface area contributed by atoms with E-state index < -0.39 is 11.2 Å². The van der Waals surface area contributed by atoms with E-state index in [1.54, 1.807) is 20.3 Å². The molecule has 0 saturated heterocycles. The molecule has 1 N–H and O–H groups in total. The summed E-state index contributed by atoms with van der Waals surface area (Å²) in [6.07, 6.45) is 1.93. The number of aromatic nitrogens is 4. The maximum atomic E-state index is 12.4. The van der Waals surface area contributed by atoms with Crippen LogP contribution in [0.2, 0.25) is 0 Å². The largest absolute Gasteiger partial charge is 0.493 e. The van der Waals surface area contributed by atoms with Gasteiger partial charge in [-0.05, 0) is 18.1 Å². The Morgan fingerprint density at radius 2 is 1.90 bits per heavy atom. The summed E-state index contributed by atoms with van der Waals surface area (Å²) >= 11 is 0. The summed E-state index contributed by atoms with van der Waals surface area (Å²) in [6, 6.07) is 5.57. The summed E-state index contributed by atoms with van der Waals surface area (Å²) in [4.78, 5) is 40.9. The van der Waals surface area contributed by atoms with Crippen molar-refractivity contribution in [1.82, 2.24) is 24.0 Å². The fourth-order valence-electron chi connectivity index (χ4n) is 3.21. The number of hydrogen-bond donors (Lipinski definition) is 1. The zero-order valence-corrected chi connectivity index (χ0v) is 16.8. The second kappa shape index (κ2) is 8.21. The van der Waals surface area contributed by atoms with Gasteiger partial charge in [0.25, 0.3) is 5.56 Å². The summed E-state index contributed by atoms with van der Waals surface area (Å²) in [5, 5.41) is 2.82. The molecule has 0 saturated carbocycles. The Kier molecular flexibility index (Phi) is 5.71. The molecule has 0 unspecified atom stereocenters. The van der Waals surface area contributed by atoms with E-state index in [0.717, 1.165) is 10.1 Å². The molecule has 0 bridgehead atoms. The first-order valence-electron chi connectivity index (χ1n) is 8.96. The second-order valence-electron chi connectivity index (χ2n) is 6.50. The van der Waals surface area contributed by atoms with Crippen molar-refractivity contribution in [1.29, 1.82) is 0 Å². The van der Waals surface area contributed by atoms with Gasteiger partial charge in [0.2, 0.25) is 5.91 Å². The molecule has 0 atom stereocenters. The number of carbonyl (C=O) groups is 1.